The summed E-state index contributed by atoms with van der Waals surface area (Å²) in [6, 6.07) is 16.2. The van der Waals surface area contributed by atoms with E-state index in [9.17, 15) is 5.11 Å². The zero-order valence-electron chi connectivity index (χ0n) is 16.6. The second-order valence-corrected chi connectivity index (χ2v) is 7.22. The molecule has 1 aliphatic rings. The van der Waals surface area contributed by atoms with Crippen LogP contribution in [0.15, 0.2) is 53.7 Å². The van der Waals surface area contributed by atoms with Crippen LogP contribution in [0.4, 0.5) is 0 Å². The van der Waals surface area contributed by atoms with Crippen LogP contribution < -0.4 is 4.74 Å². The molecule has 2 aromatic rings. The number of methoxy groups -OCH3 is 1. The maximum Gasteiger partial charge on any atom is 0.130 e. The van der Waals surface area contributed by atoms with Crippen molar-refractivity contribution in [2.24, 2.45) is 5.16 Å². The minimum atomic E-state index is -0.0310. The Morgan fingerprint density at radius 1 is 1.18 bits per heavy atom. The molecule has 0 saturated carbocycles. The van der Waals surface area contributed by atoms with Gasteiger partial charge in [-0.1, -0.05) is 35.5 Å². The van der Waals surface area contributed by atoms with Gasteiger partial charge in [0, 0.05) is 19.1 Å². The first kappa shape index (κ1) is 20.4. The minimum absolute atomic E-state index is 0.0310. The summed E-state index contributed by atoms with van der Waals surface area (Å²) in [7, 11) is 1.76. The highest BCUT2D eigenvalue weighted by molar-refractivity contribution is 6.01. The SMILES string of the molecule is COC(CCCOc1cc(CO)cc(C2=NOC(C)C2)c1)Cc1ccccc1. The van der Waals surface area contributed by atoms with Crippen LogP contribution in [-0.2, 0) is 22.6 Å². The van der Waals surface area contributed by atoms with Crippen molar-refractivity contribution in [3.05, 3.63) is 65.2 Å². The summed E-state index contributed by atoms with van der Waals surface area (Å²) in [5, 5.41) is 13.7. The van der Waals surface area contributed by atoms with Gasteiger partial charge in [0.15, 0.2) is 0 Å². The van der Waals surface area contributed by atoms with Gasteiger partial charge in [0.1, 0.15) is 11.9 Å². The van der Waals surface area contributed by atoms with Crippen LogP contribution in [0.3, 0.4) is 0 Å². The van der Waals surface area contributed by atoms with Crippen LogP contribution in [0.2, 0.25) is 0 Å². The average Bonchev–Trinajstić information content (AvgIpc) is 3.17. The first-order chi connectivity index (χ1) is 13.7. The van der Waals surface area contributed by atoms with E-state index in [4.69, 9.17) is 14.3 Å². The van der Waals surface area contributed by atoms with Gasteiger partial charge in [-0.15, -0.1) is 0 Å². The standard InChI is InChI=1S/C23H29NO4/c1-17-11-23(24-28-17)20-12-19(16-25)14-22(15-20)27-10-6-9-21(26-2)13-18-7-4-3-5-8-18/h3-5,7-8,12,14-15,17,21,25H,6,9-11,13,16H2,1-2H3. The number of hydrogen-bond acceptors (Lipinski definition) is 5. The number of ether oxygens (including phenoxy) is 2. The molecule has 1 aliphatic heterocycles. The highest BCUT2D eigenvalue weighted by Crippen LogP contribution is 2.23. The number of oxime groups is 1. The molecule has 0 aliphatic carbocycles. The van der Waals surface area contributed by atoms with Crippen LogP contribution >= 0.6 is 0 Å². The molecule has 1 heterocycles. The third kappa shape index (κ3) is 5.81. The molecule has 1 N–H and O–H groups in total. The summed E-state index contributed by atoms with van der Waals surface area (Å²) >= 11 is 0. The molecular formula is C23H29NO4. The molecule has 0 amide bonds. The van der Waals surface area contributed by atoms with Crippen molar-refractivity contribution in [2.75, 3.05) is 13.7 Å². The van der Waals surface area contributed by atoms with Gasteiger partial charge in [-0.25, -0.2) is 0 Å². The summed E-state index contributed by atoms with van der Waals surface area (Å²) in [5.41, 5.74) is 3.94. The maximum atomic E-state index is 9.55. The fourth-order valence-corrected chi connectivity index (χ4v) is 3.35. The monoisotopic (exact) mass is 383 g/mol. The van der Waals surface area contributed by atoms with Crippen molar-refractivity contribution in [1.82, 2.24) is 0 Å². The van der Waals surface area contributed by atoms with E-state index < -0.39 is 0 Å². The Hall–Kier alpha value is -2.37. The number of rotatable bonds is 10. The topological polar surface area (TPSA) is 60.3 Å². The minimum Gasteiger partial charge on any atom is -0.494 e. The van der Waals surface area contributed by atoms with Gasteiger partial charge in [-0.3, -0.25) is 0 Å². The molecule has 2 aromatic carbocycles. The Bertz CT molecular complexity index is 775. The van der Waals surface area contributed by atoms with Gasteiger partial charge in [0.05, 0.1) is 25.0 Å². The third-order valence-corrected chi connectivity index (χ3v) is 4.88. The van der Waals surface area contributed by atoms with Gasteiger partial charge in [0.25, 0.3) is 0 Å². The third-order valence-electron chi connectivity index (χ3n) is 4.88. The van der Waals surface area contributed by atoms with Crippen LogP contribution in [0.5, 0.6) is 5.75 Å². The fourth-order valence-electron chi connectivity index (χ4n) is 3.35. The smallest absolute Gasteiger partial charge is 0.130 e. The Morgan fingerprint density at radius 2 is 2.00 bits per heavy atom. The first-order valence-electron chi connectivity index (χ1n) is 9.85. The van der Waals surface area contributed by atoms with E-state index in [1.165, 1.54) is 5.56 Å². The van der Waals surface area contributed by atoms with Crippen molar-refractivity contribution in [3.63, 3.8) is 0 Å². The Morgan fingerprint density at radius 3 is 2.68 bits per heavy atom. The lowest BCUT2D eigenvalue weighted by molar-refractivity contribution is 0.0894. The molecule has 5 nitrogen and oxygen atoms in total. The molecule has 0 spiro atoms. The van der Waals surface area contributed by atoms with Gasteiger partial charge >= 0.3 is 0 Å². The van der Waals surface area contributed by atoms with Gasteiger partial charge in [0.2, 0.25) is 0 Å². The van der Waals surface area contributed by atoms with Crippen molar-refractivity contribution in [2.45, 2.75) is 51.4 Å². The summed E-state index contributed by atoms with van der Waals surface area (Å²) in [5.74, 6) is 0.751. The number of aliphatic hydroxyl groups is 1. The van der Waals surface area contributed by atoms with E-state index in [1.54, 1.807) is 7.11 Å². The molecule has 0 aromatic heterocycles. The molecule has 2 atom stereocenters. The lowest BCUT2D eigenvalue weighted by Crippen LogP contribution is -2.15. The van der Waals surface area contributed by atoms with Crippen molar-refractivity contribution in [1.29, 1.82) is 0 Å². The van der Waals surface area contributed by atoms with E-state index in [2.05, 4.69) is 29.4 Å². The zero-order chi connectivity index (χ0) is 19.8. The van der Waals surface area contributed by atoms with Crippen LogP contribution in [0, 0.1) is 0 Å². The average molecular weight is 383 g/mol. The lowest BCUT2D eigenvalue weighted by atomic mass is 10.0. The summed E-state index contributed by atoms with van der Waals surface area (Å²) in [6.07, 6.45) is 3.76. The number of aliphatic hydroxyl groups excluding tert-OH is 1. The Labute approximate surface area is 166 Å². The molecule has 2 unspecified atom stereocenters. The number of nitrogens with zero attached hydrogens (tertiary/aromatic N) is 1. The summed E-state index contributed by atoms with van der Waals surface area (Å²) < 4.78 is 11.6. The van der Waals surface area contributed by atoms with E-state index in [0.717, 1.165) is 48.3 Å². The van der Waals surface area contributed by atoms with Crippen molar-refractivity contribution < 1.29 is 19.4 Å². The van der Waals surface area contributed by atoms with Gasteiger partial charge < -0.3 is 19.4 Å². The lowest BCUT2D eigenvalue weighted by Gasteiger charge is -2.16. The second kappa shape index (κ2) is 10.2. The van der Waals surface area contributed by atoms with Gasteiger partial charge in [-0.2, -0.15) is 0 Å². The van der Waals surface area contributed by atoms with E-state index in [-0.39, 0.29) is 18.8 Å². The highest BCUT2D eigenvalue weighted by atomic mass is 16.6. The van der Waals surface area contributed by atoms with E-state index in [1.807, 2.05) is 31.2 Å². The predicted molar refractivity (Wildman–Crippen MR) is 110 cm³/mol. The maximum absolute atomic E-state index is 9.55. The molecule has 0 bridgehead atoms. The summed E-state index contributed by atoms with van der Waals surface area (Å²) in [6.45, 7) is 2.56. The Balaban J connectivity index is 1.52. The zero-order valence-corrected chi connectivity index (χ0v) is 16.6. The first-order valence-corrected chi connectivity index (χ1v) is 9.85. The normalized spacial score (nSPS) is 17.1. The number of hydrogen-bond donors (Lipinski definition) is 1. The fraction of sp³-hybridized carbons (Fsp3) is 0.435. The molecule has 0 saturated heterocycles. The molecule has 5 heteroatoms. The van der Waals surface area contributed by atoms with Crippen LogP contribution in [0.1, 0.15) is 42.9 Å². The largest absolute Gasteiger partial charge is 0.494 e. The summed E-state index contributed by atoms with van der Waals surface area (Å²) in [4.78, 5) is 5.29. The molecule has 3 rings (SSSR count). The van der Waals surface area contributed by atoms with E-state index in [0.29, 0.717) is 6.61 Å². The highest BCUT2D eigenvalue weighted by Gasteiger charge is 2.19. The van der Waals surface area contributed by atoms with E-state index >= 15 is 0 Å². The molecular weight excluding hydrogens is 354 g/mol. The molecule has 0 radical (unpaired) electrons. The molecule has 0 fully saturated rings. The molecule has 150 valence electrons. The van der Waals surface area contributed by atoms with Gasteiger partial charge in [-0.05, 0) is 55.5 Å². The number of benzene rings is 2. The van der Waals surface area contributed by atoms with Crippen LogP contribution in [0.25, 0.3) is 0 Å². The van der Waals surface area contributed by atoms with Crippen molar-refractivity contribution in [3.8, 4) is 5.75 Å². The van der Waals surface area contributed by atoms with Crippen LogP contribution in [-0.4, -0.2) is 36.7 Å². The predicted octanol–water partition coefficient (Wildman–Crippen LogP) is 4.11. The second-order valence-electron chi connectivity index (χ2n) is 7.22. The van der Waals surface area contributed by atoms with Crippen molar-refractivity contribution >= 4 is 5.71 Å². The molecule has 28 heavy (non-hydrogen) atoms. The quantitative estimate of drug-likeness (QED) is 0.627. The Kier molecular flexibility index (Phi) is 7.46.